The van der Waals surface area contributed by atoms with E-state index in [0.717, 1.165) is 12.0 Å². The third kappa shape index (κ3) is 5.72. The Kier molecular flexibility index (Phi) is 6.68. The van der Waals surface area contributed by atoms with E-state index in [-0.39, 0.29) is 18.5 Å². The molecule has 29 heavy (non-hydrogen) atoms. The zero-order valence-electron chi connectivity index (χ0n) is 16.7. The van der Waals surface area contributed by atoms with Crippen LogP contribution in [0.1, 0.15) is 29.7 Å². The lowest BCUT2D eigenvalue weighted by Crippen LogP contribution is -2.17. The molecule has 0 saturated heterocycles. The average Bonchev–Trinajstić information content (AvgIpc) is 2.71. The number of anilines is 3. The highest BCUT2D eigenvalue weighted by Gasteiger charge is 2.14. The molecule has 6 nitrogen and oxygen atoms in total. The molecule has 1 aromatic heterocycles. The molecule has 0 radical (unpaired) electrons. The monoisotopic (exact) mass is 390 g/mol. The molecule has 0 saturated carbocycles. The summed E-state index contributed by atoms with van der Waals surface area (Å²) in [5.41, 5.74) is 10.0. The van der Waals surface area contributed by atoms with E-state index >= 15 is 0 Å². The molecule has 1 heterocycles. The molecule has 2 aromatic carbocycles. The number of nitrogens with zero attached hydrogens (tertiary/aromatic N) is 1. The van der Waals surface area contributed by atoms with Crippen molar-refractivity contribution >= 4 is 23.4 Å². The van der Waals surface area contributed by atoms with Crippen molar-refractivity contribution in [2.75, 3.05) is 23.0 Å². The Balaban J connectivity index is 1.80. The largest absolute Gasteiger partial charge is 0.450 e. The molecular weight excluding hydrogens is 364 g/mol. The molecule has 0 fully saturated rings. The van der Waals surface area contributed by atoms with Crippen molar-refractivity contribution in [3.05, 3.63) is 83.4 Å². The van der Waals surface area contributed by atoms with Crippen molar-refractivity contribution < 1.29 is 9.53 Å². The number of nitrogens with one attached hydrogen (secondary N) is 2. The summed E-state index contributed by atoms with van der Waals surface area (Å²) >= 11 is 0. The minimum atomic E-state index is -0.552. The number of ether oxygens (including phenoxy) is 1. The first kappa shape index (κ1) is 20.2. The second-order valence-corrected chi connectivity index (χ2v) is 6.77. The molecule has 1 atom stereocenters. The van der Waals surface area contributed by atoms with Crippen LogP contribution in [0.25, 0.3) is 0 Å². The van der Waals surface area contributed by atoms with Crippen LogP contribution in [-0.2, 0) is 11.2 Å². The van der Waals surface area contributed by atoms with E-state index in [1.165, 1.54) is 11.1 Å². The number of hydrogen-bond donors (Lipinski definition) is 3. The molecule has 0 spiro atoms. The van der Waals surface area contributed by atoms with Gasteiger partial charge in [-0.1, -0.05) is 60.2 Å². The highest BCUT2D eigenvalue weighted by Crippen LogP contribution is 2.26. The van der Waals surface area contributed by atoms with Crippen LogP contribution in [0.3, 0.4) is 0 Å². The lowest BCUT2D eigenvalue weighted by molar-refractivity contribution is 0.168. The highest BCUT2D eigenvalue weighted by molar-refractivity contribution is 5.88. The quantitative estimate of drug-likeness (QED) is 0.532. The molecule has 150 valence electrons. The van der Waals surface area contributed by atoms with Crippen molar-refractivity contribution in [3.63, 3.8) is 0 Å². The zero-order chi connectivity index (χ0) is 20.6. The van der Waals surface area contributed by atoms with Gasteiger partial charge in [0.1, 0.15) is 11.6 Å². The van der Waals surface area contributed by atoms with Gasteiger partial charge in [-0.3, -0.25) is 5.32 Å². The summed E-state index contributed by atoms with van der Waals surface area (Å²) in [6.45, 7) is 4.10. The second kappa shape index (κ2) is 9.59. The lowest BCUT2D eigenvalue weighted by atomic mass is 9.98. The Morgan fingerprint density at radius 1 is 1.07 bits per heavy atom. The standard InChI is InChI=1S/C23H26N4O2/c1-3-29-23(28)26-19-13-14-21(27-22(19)24)25-20(15-17-7-5-4-6-8-17)18-11-9-16(2)10-12-18/h4-14,20H,3,15H2,1-2H3,(H,26,28)(H3,24,25,27). The number of carbonyl (C=O) groups is 1. The van der Waals surface area contributed by atoms with Crippen molar-refractivity contribution in [2.24, 2.45) is 0 Å². The van der Waals surface area contributed by atoms with E-state index in [1.54, 1.807) is 19.1 Å². The van der Waals surface area contributed by atoms with Gasteiger partial charge in [-0.25, -0.2) is 9.78 Å². The highest BCUT2D eigenvalue weighted by atomic mass is 16.5. The molecule has 3 rings (SSSR count). The summed E-state index contributed by atoms with van der Waals surface area (Å²) in [5.74, 6) is 0.865. The van der Waals surface area contributed by atoms with Crippen molar-refractivity contribution in [2.45, 2.75) is 26.3 Å². The molecule has 3 aromatic rings. The van der Waals surface area contributed by atoms with Gasteiger partial charge in [-0.2, -0.15) is 0 Å². The number of benzene rings is 2. The SMILES string of the molecule is CCOC(=O)Nc1ccc(NC(Cc2ccccc2)c2ccc(C)cc2)nc1N. The predicted molar refractivity (Wildman–Crippen MR) is 117 cm³/mol. The van der Waals surface area contributed by atoms with Gasteiger partial charge in [0.05, 0.1) is 18.3 Å². The molecule has 0 bridgehead atoms. The maximum Gasteiger partial charge on any atom is 0.411 e. The molecule has 0 aliphatic heterocycles. The Labute approximate surface area is 171 Å². The minimum absolute atomic E-state index is 0.0220. The van der Waals surface area contributed by atoms with E-state index in [4.69, 9.17) is 10.5 Å². The van der Waals surface area contributed by atoms with Crippen molar-refractivity contribution in [1.29, 1.82) is 0 Å². The average molecular weight is 390 g/mol. The van der Waals surface area contributed by atoms with Crippen molar-refractivity contribution in [1.82, 2.24) is 4.98 Å². The fraction of sp³-hybridized carbons (Fsp3) is 0.217. The number of aryl methyl sites for hydroxylation is 1. The van der Waals surface area contributed by atoms with E-state index in [0.29, 0.717) is 11.5 Å². The van der Waals surface area contributed by atoms with Gasteiger partial charge in [0, 0.05) is 0 Å². The van der Waals surface area contributed by atoms with Gasteiger partial charge in [-0.05, 0) is 43.5 Å². The molecule has 6 heteroatoms. The third-order valence-electron chi connectivity index (χ3n) is 4.52. The van der Waals surface area contributed by atoms with Crippen LogP contribution >= 0.6 is 0 Å². The van der Waals surface area contributed by atoms with E-state index in [2.05, 4.69) is 58.9 Å². The van der Waals surface area contributed by atoms with Gasteiger partial charge in [0.25, 0.3) is 0 Å². The van der Waals surface area contributed by atoms with E-state index in [1.807, 2.05) is 18.2 Å². The minimum Gasteiger partial charge on any atom is -0.450 e. The van der Waals surface area contributed by atoms with Crippen LogP contribution in [0, 0.1) is 6.92 Å². The van der Waals surface area contributed by atoms with Gasteiger partial charge in [0.15, 0.2) is 0 Å². The number of hydrogen-bond acceptors (Lipinski definition) is 5. The van der Waals surface area contributed by atoms with Gasteiger partial charge >= 0.3 is 6.09 Å². The fourth-order valence-electron chi connectivity index (χ4n) is 3.02. The molecule has 4 N–H and O–H groups in total. The number of pyridine rings is 1. The number of nitrogens with two attached hydrogens (primary N) is 1. The summed E-state index contributed by atoms with van der Waals surface area (Å²) < 4.78 is 4.88. The molecule has 0 aliphatic carbocycles. The number of nitrogen functional groups attached to an aromatic ring is 1. The summed E-state index contributed by atoms with van der Waals surface area (Å²) in [5, 5.41) is 6.07. The van der Waals surface area contributed by atoms with Crippen LogP contribution in [0.15, 0.2) is 66.7 Å². The molecule has 1 unspecified atom stereocenters. The maximum atomic E-state index is 11.6. The van der Waals surface area contributed by atoms with Crippen LogP contribution in [0.5, 0.6) is 0 Å². The summed E-state index contributed by atoms with van der Waals surface area (Å²) in [4.78, 5) is 16.0. The summed E-state index contributed by atoms with van der Waals surface area (Å²) in [6, 6.07) is 22.3. The van der Waals surface area contributed by atoms with Gasteiger partial charge in [0.2, 0.25) is 0 Å². The second-order valence-electron chi connectivity index (χ2n) is 6.77. The normalized spacial score (nSPS) is 11.5. The number of rotatable bonds is 7. The molecule has 0 aliphatic rings. The number of carbonyl (C=O) groups excluding carboxylic acids is 1. The fourth-order valence-corrected chi connectivity index (χ4v) is 3.02. The molecule has 1 amide bonds. The lowest BCUT2D eigenvalue weighted by Gasteiger charge is -2.21. The predicted octanol–water partition coefficient (Wildman–Crippen LogP) is 4.94. The van der Waals surface area contributed by atoms with E-state index < -0.39 is 6.09 Å². The Hall–Kier alpha value is -3.54. The third-order valence-corrected chi connectivity index (χ3v) is 4.52. The summed E-state index contributed by atoms with van der Waals surface area (Å²) in [7, 11) is 0. The zero-order valence-corrected chi connectivity index (χ0v) is 16.7. The first-order valence-corrected chi connectivity index (χ1v) is 9.62. The summed E-state index contributed by atoms with van der Waals surface area (Å²) in [6.07, 6.45) is 0.247. The topological polar surface area (TPSA) is 89.3 Å². The Bertz CT molecular complexity index is 943. The number of amides is 1. The first-order chi connectivity index (χ1) is 14.0. The Morgan fingerprint density at radius 3 is 2.45 bits per heavy atom. The first-order valence-electron chi connectivity index (χ1n) is 9.62. The van der Waals surface area contributed by atoms with Crippen LogP contribution in [0.2, 0.25) is 0 Å². The van der Waals surface area contributed by atoms with Gasteiger partial charge in [-0.15, -0.1) is 0 Å². The number of aromatic nitrogens is 1. The van der Waals surface area contributed by atoms with Crippen molar-refractivity contribution in [3.8, 4) is 0 Å². The van der Waals surface area contributed by atoms with Crippen LogP contribution < -0.4 is 16.4 Å². The van der Waals surface area contributed by atoms with Crippen LogP contribution in [-0.4, -0.2) is 17.7 Å². The van der Waals surface area contributed by atoms with Gasteiger partial charge < -0.3 is 15.8 Å². The smallest absolute Gasteiger partial charge is 0.411 e. The van der Waals surface area contributed by atoms with Crippen LogP contribution in [0.4, 0.5) is 22.1 Å². The Morgan fingerprint density at radius 2 is 1.79 bits per heavy atom. The van der Waals surface area contributed by atoms with E-state index in [9.17, 15) is 4.79 Å². The maximum absolute atomic E-state index is 11.6. The molecular formula is C23H26N4O2.